The van der Waals surface area contributed by atoms with Crippen molar-refractivity contribution < 1.29 is 22.7 Å². The Bertz CT molecular complexity index is 856. The Balaban J connectivity index is 2.02. The SMILES string of the molecule is CN(C)S(=O)(=O)c1ccc(C(=O)OCC(=O)c2ccc(Cl)s2)cc1. The molecule has 0 fully saturated rings. The first kappa shape index (κ1) is 18.6. The van der Waals surface area contributed by atoms with Gasteiger partial charge in [-0.1, -0.05) is 11.6 Å². The number of benzene rings is 1. The molecular weight excluding hydrogens is 374 g/mol. The number of ketones is 1. The van der Waals surface area contributed by atoms with Crippen LogP contribution in [0.25, 0.3) is 0 Å². The van der Waals surface area contributed by atoms with E-state index >= 15 is 0 Å². The Hall–Kier alpha value is -1.74. The number of hydrogen-bond donors (Lipinski definition) is 0. The second kappa shape index (κ2) is 7.43. The quantitative estimate of drug-likeness (QED) is 0.562. The predicted octanol–water partition coefficient (Wildman–Crippen LogP) is 2.69. The molecule has 9 heteroatoms. The van der Waals surface area contributed by atoms with Crippen LogP contribution >= 0.6 is 22.9 Å². The molecule has 2 rings (SSSR count). The summed E-state index contributed by atoms with van der Waals surface area (Å²) in [5, 5.41) is 0. The molecule has 24 heavy (non-hydrogen) atoms. The van der Waals surface area contributed by atoms with Gasteiger partial charge in [0.25, 0.3) is 0 Å². The summed E-state index contributed by atoms with van der Waals surface area (Å²) >= 11 is 6.85. The van der Waals surface area contributed by atoms with Gasteiger partial charge in [0.05, 0.1) is 19.7 Å². The van der Waals surface area contributed by atoms with Crippen LogP contribution in [0.1, 0.15) is 20.0 Å². The first-order valence-electron chi connectivity index (χ1n) is 6.70. The smallest absolute Gasteiger partial charge is 0.338 e. The fourth-order valence-electron chi connectivity index (χ4n) is 1.72. The molecule has 128 valence electrons. The minimum Gasteiger partial charge on any atom is -0.454 e. The third-order valence-corrected chi connectivity index (χ3v) is 6.15. The third-order valence-electron chi connectivity index (χ3n) is 3.05. The first-order valence-corrected chi connectivity index (χ1v) is 9.33. The van der Waals surface area contributed by atoms with E-state index in [0.29, 0.717) is 9.21 Å². The van der Waals surface area contributed by atoms with E-state index in [-0.39, 0.29) is 16.2 Å². The van der Waals surface area contributed by atoms with Crippen LogP contribution in [0.4, 0.5) is 0 Å². The second-order valence-electron chi connectivity index (χ2n) is 4.91. The molecule has 0 amide bonds. The fourth-order valence-corrected chi connectivity index (χ4v) is 3.59. The summed E-state index contributed by atoms with van der Waals surface area (Å²) in [6.07, 6.45) is 0. The Morgan fingerprint density at radius 3 is 2.25 bits per heavy atom. The normalized spacial score (nSPS) is 11.5. The van der Waals surface area contributed by atoms with Crippen LogP contribution < -0.4 is 0 Å². The summed E-state index contributed by atoms with van der Waals surface area (Å²) in [6, 6.07) is 8.45. The van der Waals surface area contributed by atoms with Gasteiger partial charge in [-0.05, 0) is 36.4 Å². The van der Waals surface area contributed by atoms with E-state index in [9.17, 15) is 18.0 Å². The lowest BCUT2D eigenvalue weighted by molar-refractivity contribution is 0.0475. The summed E-state index contributed by atoms with van der Waals surface area (Å²) in [7, 11) is -0.730. The number of nitrogens with zero attached hydrogens (tertiary/aromatic N) is 1. The lowest BCUT2D eigenvalue weighted by atomic mass is 10.2. The number of rotatable bonds is 6. The van der Waals surface area contributed by atoms with Gasteiger partial charge in [-0.3, -0.25) is 4.79 Å². The molecule has 0 saturated heterocycles. The second-order valence-corrected chi connectivity index (χ2v) is 8.78. The maximum Gasteiger partial charge on any atom is 0.338 e. The van der Waals surface area contributed by atoms with Crippen molar-refractivity contribution in [2.24, 2.45) is 0 Å². The fraction of sp³-hybridized carbons (Fsp3) is 0.200. The predicted molar refractivity (Wildman–Crippen MR) is 91.3 cm³/mol. The van der Waals surface area contributed by atoms with Crippen LogP contribution in [0.3, 0.4) is 0 Å². The van der Waals surface area contributed by atoms with Crippen molar-refractivity contribution in [3.63, 3.8) is 0 Å². The zero-order valence-corrected chi connectivity index (χ0v) is 15.2. The molecule has 0 spiro atoms. The minimum atomic E-state index is -3.56. The molecule has 0 unspecified atom stereocenters. The highest BCUT2D eigenvalue weighted by atomic mass is 35.5. The van der Waals surface area contributed by atoms with Gasteiger partial charge in [0.15, 0.2) is 6.61 Å². The summed E-state index contributed by atoms with van der Waals surface area (Å²) in [4.78, 5) is 24.2. The largest absolute Gasteiger partial charge is 0.454 e. The van der Waals surface area contributed by atoms with Crippen LogP contribution in [0.15, 0.2) is 41.3 Å². The standard InChI is InChI=1S/C15H14ClNO5S2/c1-17(2)24(20,21)11-5-3-10(4-6-11)15(19)22-9-12(18)13-7-8-14(16)23-13/h3-8H,9H2,1-2H3. The topological polar surface area (TPSA) is 80.8 Å². The number of sulfonamides is 1. The van der Waals surface area contributed by atoms with Crippen molar-refractivity contribution in [3.05, 3.63) is 51.2 Å². The van der Waals surface area contributed by atoms with Gasteiger partial charge in [-0.15, -0.1) is 11.3 Å². The molecule has 0 aliphatic heterocycles. The number of esters is 1. The summed E-state index contributed by atoms with van der Waals surface area (Å²) in [6.45, 7) is -0.409. The van der Waals surface area contributed by atoms with E-state index in [0.717, 1.165) is 15.6 Å². The zero-order valence-electron chi connectivity index (χ0n) is 12.9. The number of ether oxygens (including phenoxy) is 1. The van der Waals surface area contributed by atoms with Crippen LogP contribution in [-0.2, 0) is 14.8 Å². The van der Waals surface area contributed by atoms with E-state index in [1.807, 2.05) is 0 Å². The molecule has 0 atom stereocenters. The van der Waals surface area contributed by atoms with Crippen molar-refractivity contribution >= 4 is 44.7 Å². The molecule has 0 aliphatic rings. The van der Waals surface area contributed by atoms with Crippen molar-refractivity contribution in [2.45, 2.75) is 4.90 Å². The molecule has 0 saturated carbocycles. The molecule has 0 radical (unpaired) electrons. The maximum absolute atomic E-state index is 11.9. The number of carbonyl (C=O) groups is 2. The van der Waals surface area contributed by atoms with Gasteiger partial charge in [0.1, 0.15) is 0 Å². The molecule has 1 aromatic heterocycles. The third kappa shape index (κ3) is 4.21. The van der Waals surface area contributed by atoms with E-state index in [1.54, 1.807) is 12.1 Å². The molecular formula is C15H14ClNO5S2. The van der Waals surface area contributed by atoms with Crippen molar-refractivity contribution in [3.8, 4) is 0 Å². The van der Waals surface area contributed by atoms with Gasteiger partial charge in [0.2, 0.25) is 15.8 Å². The Labute approximate surface area is 148 Å². The minimum absolute atomic E-state index is 0.0633. The van der Waals surface area contributed by atoms with Gasteiger partial charge < -0.3 is 4.74 Å². The maximum atomic E-state index is 11.9. The van der Waals surface area contributed by atoms with Gasteiger partial charge in [-0.2, -0.15) is 0 Å². The Kier molecular flexibility index (Phi) is 5.76. The van der Waals surface area contributed by atoms with E-state index in [1.165, 1.54) is 38.4 Å². The van der Waals surface area contributed by atoms with Crippen molar-refractivity contribution in [1.82, 2.24) is 4.31 Å². The molecule has 2 aromatic rings. The van der Waals surface area contributed by atoms with E-state index in [2.05, 4.69) is 0 Å². The zero-order chi connectivity index (χ0) is 17.9. The monoisotopic (exact) mass is 387 g/mol. The van der Waals surface area contributed by atoms with Crippen molar-refractivity contribution in [2.75, 3.05) is 20.7 Å². The van der Waals surface area contributed by atoms with Crippen LogP contribution in [-0.4, -0.2) is 45.2 Å². The summed E-state index contributed by atoms with van der Waals surface area (Å²) < 4.78 is 30.4. The summed E-state index contributed by atoms with van der Waals surface area (Å²) in [5.41, 5.74) is 0.157. The van der Waals surface area contributed by atoms with Crippen molar-refractivity contribution in [1.29, 1.82) is 0 Å². The van der Waals surface area contributed by atoms with E-state index < -0.39 is 22.6 Å². The van der Waals surface area contributed by atoms with Gasteiger partial charge in [-0.25, -0.2) is 17.5 Å². The average molecular weight is 388 g/mol. The molecule has 1 heterocycles. The number of halogens is 1. The number of Topliss-reactive ketones (excluding diaryl/α,β-unsaturated/α-hetero) is 1. The molecule has 6 nitrogen and oxygen atoms in total. The molecule has 1 aromatic carbocycles. The summed E-state index contributed by atoms with van der Waals surface area (Å²) in [5.74, 6) is -1.06. The van der Waals surface area contributed by atoms with Crippen LogP contribution in [0, 0.1) is 0 Å². The number of hydrogen-bond acceptors (Lipinski definition) is 6. The highest BCUT2D eigenvalue weighted by Gasteiger charge is 2.18. The number of carbonyl (C=O) groups excluding carboxylic acids is 2. The van der Waals surface area contributed by atoms with Crippen LogP contribution in [0.2, 0.25) is 4.34 Å². The Morgan fingerprint density at radius 1 is 1.12 bits per heavy atom. The lowest BCUT2D eigenvalue weighted by Crippen LogP contribution is -2.22. The van der Waals surface area contributed by atoms with E-state index in [4.69, 9.17) is 16.3 Å². The average Bonchev–Trinajstić information content (AvgIpc) is 2.98. The Morgan fingerprint density at radius 2 is 1.75 bits per heavy atom. The number of thiophene rings is 1. The molecule has 0 aliphatic carbocycles. The van der Waals surface area contributed by atoms with Crippen LogP contribution in [0.5, 0.6) is 0 Å². The molecule has 0 N–H and O–H groups in total. The van der Waals surface area contributed by atoms with Gasteiger partial charge >= 0.3 is 5.97 Å². The van der Waals surface area contributed by atoms with Gasteiger partial charge in [0, 0.05) is 14.1 Å². The highest BCUT2D eigenvalue weighted by Crippen LogP contribution is 2.22. The highest BCUT2D eigenvalue weighted by molar-refractivity contribution is 7.89. The lowest BCUT2D eigenvalue weighted by Gasteiger charge is -2.11. The first-order chi connectivity index (χ1) is 11.2. The molecule has 0 bridgehead atoms.